The lowest BCUT2D eigenvalue weighted by molar-refractivity contribution is 0.0615. The van der Waals surface area contributed by atoms with Gasteiger partial charge < -0.3 is 23.5 Å². The second-order valence-electron chi connectivity index (χ2n) is 7.01. The molecule has 2 saturated heterocycles. The molecule has 2 fully saturated rings. The maximum Gasteiger partial charge on any atom is 0.289 e. The summed E-state index contributed by atoms with van der Waals surface area (Å²) in [7, 11) is 1.52. The summed E-state index contributed by atoms with van der Waals surface area (Å²) in [4.78, 5) is 14.7. The van der Waals surface area contributed by atoms with Crippen molar-refractivity contribution in [1.82, 2.24) is 15.8 Å². The summed E-state index contributed by atoms with van der Waals surface area (Å²) in [6, 6.07) is 9.73. The van der Waals surface area contributed by atoms with E-state index in [0.29, 0.717) is 30.8 Å². The van der Waals surface area contributed by atoms with E-state index in [1.807, 2.05) is 23.1 Å². The van der Waals surface area contributed by atoms with Crippen molar-refractivity contribution in [3.8, 4) is 17.4 Å². The molecule has 0 saturated carbocycles. The summed E-state index contributed by atoms with van der Waals surface area (Å²) in [5.74, 6) is 2.34. The van der Waals surface area contributed by atoms with Gasteiger partial charge in [-0.15, -0.1) is 0 Å². The third-order valence-electron chi connectivity index (χ3n) is 5.55. The molecule has 5 rings (SSSR count). The number of hydrogen-bond acceptors (Lipinski definition) is 7. The minimum absolute atomic E-state index is 0.0891. The molecule has 27 heavy (non-hydrogen) atoms. The number of amides is 1. The van der Waals surface area contributed by atoms with E-state index in [0.717, 1.165) is 23.5 Å². The van der Waals surface area contributed by atoms with Crippen LogP contribution in [-0.2, 0) is 0 Å². The summed E-state index contributed by atoms with van der Waals surface area (Å²) in [5, 5.41) is 0. The second kappa shape index (κ2) is 6.47. The smallest absolute Gasteiger partial charge is 0.289 e. The predicted octanol–water partition coefficient (Wildman–Crippen LogP) is 1.70. The fourth-order valence-electron chi connectivity index (χ4n) is 4.12. The highest BCUT2D eigenvalue weighted by atomic mass is 16.7. The third-order valence-corrected chi connectivity index (χ3v) is 5.55. The number of nitrogens with one attached hydrogen (secondary N) is 2. The molecular formula is C19H21N3O5. The molecule has 0 bridgehead atoms. The summed E-state index contributed by atoms with van der Waals surface area (Å²) in [6.07, 6.45) is 0.877. The maximum absolute atomic E-state index is 12.8. The van der Waals surface area contributed by atoms with E-state index in [2.05, 4.69) is 10.9 Å². The Balaban J connectivity index is 1.35. The number of rotatable bonds is 3. The number of fused-ring (bicyclic) bond motifs is 2. The van der Waals surface area contributed by atoms with Gasteiger partial charge in [0.25, 0.3) is 11.9 Å². The number of nitrogens with zero attached hydrogens (tertiary/aromatic N) is 1. The summed E-state index contributed by atoms with van der Waals surface area (Å²) >= 11 is 0. The van der Waals surface area contributed by atoms with Crippen molar-refractivity contribution < 1.29 is 23.4 Å². The quantitative estimate of drug-likeness (QED) is 0.849. The Hall–Kier alpha value is -2.71. The molecule has 1 aromatic carbocycles. The van der Waals surface area contributed by atoms with Gasteiger partial charge in [0.15, 0.2) is 17.3 Å². The van der Waals surface area contributed by atoms with Crippen molar-refractivity contribution >= 4 is 5.91 Å². The number of carbonyl (C=O) groups is 1. The molecule has 4 heterocycles. The topological polar surface area (TPSA) is 85.2 Å². The first-order valence-corrected chi connectivity index (χ1v) is 9.06. The normalized spacial score (nSPS) is 26.1. The van der Waals surface area contributed by atoms with Gasteiger partial charge in [-0.3, -0.25) is 10.2 Å². The highest BCUT2D eigenvalue weighted by Gasteiger charge is 2.42. The molecule has 0 aliphatic carbocycles. The number of methoxy groups -OCH3 is 1. The van der Waals surface area contributed by atoms with E-state index in [1.165, 1.54) is 7.11 Å². The number of benzene rings is 1. The Morgan fingerprint density at radius 1 is 1.19 bits per heavy atom. The van der Waals surface area contributed by atoms with Gasteiger partial charge in [0.05, 0.1) is 13.2 Å². The SMILES string of the molecule is COc1ccc(C(=O)N2CCC3NNC(c4ccc5c(c4)OCO5)C3C2)o1. The average Bonchev–Trinajstić information content (AvgIpc) is 3.44. The summed E-state index contributed by atoms with van der Waals surface area (Å²) in [6.45, 7) is 1.59. The number of hydrazine groups is 1. The first kappa shape index (κ1) is 16.5. The van der Waals surface area contributed by atoms with Gasteiger partial charge in [0.2, 0.25) is 6.79 Å². The molecule has 0 spiro atoms. The third kappa shape index (κ3) is 2.81. The molecule has 0 radical (unpaired) electrons. The van der Waals surface area contributed by atoms with Crippen molar-refractivity contribution in [3.05, 3.63) is 41.7 Å². The Kier molecular flexibility index (Phi) is 3.95. The molecule has 3 atom stereocenters. The molecule has 1 aromatic heterocycles. The van der Waals surface area contributed by atoms with Gasteiger partial charge in [-0.25, -0.2) is 5.43 Å². The molecule has 2 aromatic rings. The molecule has 142 valence electrons. The lowest BCUT2D eigenvalue weighted by Gasteiger charge is -2.35. The molecule has 3 aliphatic rings. The summed E-state index contributed by atoms with van der Waals surface area (Å²) < 4.78 is 21.4. The van der Waals surface area contributed by atoms with Crippen LogP contribution in [0.1, 0.15) is 28.6 Å². The second-order valence-corrected chi connectivity index (χ2v) is 7.01. The van der Waals surface area contributed by atoms with Crippen LogP contribution in [0.5, 0.6) is 17.4 Å². The number of furan rings is 1. The molecule has 2 N–H and O–H groups in total. The van der Waals surface area contributed by atoms with Crippen LogP contribution in [0.25, 0.3) is 0 Å². The first-order valence-electron chi connectivity index (χ1n) is 9.06. The fraction of sp³-hybridized carbons (Fsp3) is 0.421. The Bertz CT molecular complexity index is 867. The lowest BCUT2D eigenvalue weighted by atomic mass is 9.85. The van der Waals surface area contributed by atoms with Gasteiger partial charge in [-0.2, -0.15) is 0 Å². The molecule has 1 amide bonds. The Morgan fingerprint density at radius 2 is 2.07 bits per heavy atom. The minimum atomic E-state index is -0.104. The summed E-state index contributed by atoms with van der Waals surface area (Å²) in [5.41, 5.74) is 7.89. The zero-order valence-corrected chi connectivity index (χ0v) is 14.9. The van der Waals surface area contributed by atoms with E-state index >= 15 is 0 Å². The van der Waals surface area contributed by atoms with E-state index in [1.54, 1.807) is 12.1 Å². The van der Waals surface area contributed by atoms with Gasteiger partial charge in [-0.1, -0.05) is 6.07 Å². The van der Waals surface area contributed by atoms with Crippen LogP contribution in [0.4, 0.5) is 0 Å². The maximum atomic E-state index is 12.8. The standard InChI is InChI=1S/C19H21N3O5/c1-24-17-5-4-15(27-17)19(23)22-7-6-13-12(9-22)18(21-20-13)11-2-3-14-16(8-11)26-10-25-14/h2-5,8,12-13,18,20-21H,6-7,9-10H2,1H3. The van der Waals surface area contributed by atoms with Gasteiger partial charge in [0.1, 0.15) is 0 Å². The van der Waals surface area contributed by atoms with Gasteiger partial charge in [-0.05, 0) is 30.2 Å². The van der Waals surface area contributed by atoms with Crippen LogP contribution in [0.3, 0.4) is 0 Å². The number of carbonyl (C=O) groups excluding carboxylic acids is 1. The Morgan fingerprint density at radius 3 is 2.93 bits per heavy atom. The van der Waals surface area contributed by atoms with Crippen molar-refractivity contribution in [2.75, 3.05) is 27.0 Å². The van der Waals surface area contributed by atoms with E-state index in [4.69, 9.17) is 18.6 Å². The lowest BCUT2D eigenvalue weighted by Crippen LogP contribution is -2.47. The zero-order chi connectivity index (χ0) is 18.4. The van der Waals surface area contributed by atoms with Crippen LogP contribution in [0.2, 0.25) is 0 Å². The van der Waals surface area contributed by atoms with Crippen molar-refractivity contribution in [2.24, 2.45) is 5.92 Å². The van der Waals surface area contributed by atoms with E-state index < -0.39 is 0 Å². The molecule has 8 nitrogen and oxygen atoms in total. The van der Waals surface area contributed by atoms with Crippen LogP contribution >= 0.6 is 0 Å². The predicted molar refractivity (Wildman–Crippen MR) is 94.6 cm³/mol. The van der Waals surface area contributed by atoms with Crippen LogP contribution in [0, 0.1) is 5.92 Å². The van der Waals surface area contributed by atoms with Crippen LogP contribution in [-0.4, -0.2) is 43.8 Å². The number of piperidine rings is 1. The van der Waals surface area contributed by atoms with Gasteiger partial charge in [0, 0.05) is 31.1 Å². The van der Waals surface area contributed by atoms with Crippen molar-refractivity contribution in [2.45, 2.75) is 18.5 Å². The molecule has 8 heteroatoms. The van der Waals surface area contributed by atoms with Crippen LogP contribution in [0.15, 0.2) is 34.7 Å². The zero-order valence-electron chi connectivity index (χ0n) is 14.9. The van der Waals surface area contributed by atoms with E-state index in [-0.39, 0.29) is 24.7 Å². The Labute approximate surface area is 156 Å². The van der Waals surface area contributed by atoms with Crippen molar-refractivity contribution in [1.29, 1.82) is 0 Å². The molecule has 3 unspecified atom stereocenters. The average molecular weight is 371 g/mol. The molecule has 3 aliphatic heterocycles. The fourth-order valence-corrected chi connectivity index (χ4v) is 4.12. The number of likely N-dealkylation sites (tertiary alicyclic amines) is 1. The van der Waals surface area contributed by atoms with E-state index in [9.17, 15) is 4.79 Å². The highest BCUT2D eigenvalue weighted by Crippen LogP contribution is 2.39. The number of hydrogen-bond donors (Lipinski definition) is 2. The van der Waals surface area contributed by atoms with Crippen LogP contribution < -0.4 is 25.1 Å². The monoisotopic (exact) mass is 371 g/mol. The highest BCUT2D eigenvalue weighted by molar-refractivity contribution is 5.91. The largest absolute Gasteiger partial charge is 0.468 e. The molecular weight excluding hydrogens is 350 g/mol. The van der Waals surface area contributed by atoms with Gasteiger partial charge >= 0.3 is 0 Å². The van der Waals surface area contributed by atoms with Crippen molar-refractivity contribution in [3.63, 3.8) is 0 Å². The first-order chi connectivity index (χ1) is 13.2. The number of ether oxygens (including phenoxy) is 3. The minimum Gasteiger partial charge on any atom is -0.468 e.